The Morgan fingerprint density at radius 3 is 1.95 bits per heavy atom. The average molecular weight is 293 g/mol. The Labute approximate surface area is 137 Å². The third kappa shape index (κ3) is 5.04. The minimum Gasteiger partial charge on any atom is -0.192 e. The molecule has 0 amide bonds. The van der Waals surface area contributed by atoms with Crippen LogP contribution in [0.15, 0.2) is 48.5 Å². The van der Waals surface area contributed by atoms with E-state index in [0.717, 1.165) is 29.5 Å². The lowest BCUT2D eigenvalue weighted by atomic mass is 10.00. The summed E-state index contributed by atoms with van der Waals surface area (Å²) in [5.41, 5.74) is 3.48. The van der Waals surface area contributed by atoms with Crippen molar-refractivity contribution < 1.29 is 2.74 Å². The second-order valence-electron chi connectivity index (χ2n) is 5.61. The van der Waals surface area contributed by atoms with Crippen LogP contribution >= 0.6 is 0 Å². The van der Waals surface area contributed by atoms with Crippen LogP contribution in [0.3, 0.4) is 0 Å². The summed E-state index contributed by atoms with van der Waals surface area (Å²) in [5.74, 6) is 0. The Hall–Kier alpha value is -2.07. The lowest BCUT2D eigenvalue weighted by Gasteiger charge is -2.05. The molecule has 2 aromatic carbocycles. The van der Waals surface area contributed by atoms with Crippen LogP contribution in [0.1, 0.15) is 59.3 Å². The van der Waals surface area contributed by atoms with E-state index in [9.17, 15) is 0 Å². The van der Waals surface area contributed by atoms with Crippen molar-refractivity contribution >= 4 is 0 Å². The summed E-state index contributed by atoms with van der Waals surface area (Å²) in [6.45, 7) is 2.19. The van der Waals surface area contributed by atoms with Gasteiger partial charge in [-0.15, -0.1) is 0 Å². The van der Waals surface area contributed by atoms with Crippen molar-refractivity contribution in [3.05, 3.63) is 59.7 Å². The standard InChI is InChI=1S/C21H25N/c1-2-3-4-5-6-7-8-18-9-13-20(14-10-18)21-15-11-19(17-22)12-16-21/h9-16H,2-8H2,1H3/i8D2. The molecule has 114 valence electrons. The van der Waals surface area contributed by atoms with Crippen LogP contribution in [0.25, 0.3) is 11.1 Å². The highest BCUT2D eigenvalue weighted by Gasteiger charge is 1.99. The predicted octanol–water partition coefficient (Wildman–Crippen LogP) is 6.13. The van der Waals surface area contributed by atoms with Crippen LogP contribution in [0.2, 0.25) is 0 Å². The Balaban J connectivity index is 2.00. The van der Waals surface area contributed by atoms with Crippen molar-refractivity contribution in [2.45, 2.75) is 51.8 Å². The van der Waals surface area contributed by atoms with Crippen molar-refractivity contribution in [1.29, 1.82) is 5.26 Å². The van der Waals surface area contributed by atoms with Gasteiger partial charge in [-0.25, -0.2) is 0 Å². The lowest BCUT2D eigenvalue weighted by molar-refractivity contribution is 0.607. The van der Waals surface area contributed by atoms with E-state index >= 15 is 0 Å². The molecule has 0 N–H and O–H groups in total. The van der Waals surface area contributed by atoms with Crippen LogP contribution in [-0.4, -0.2) is 0 Å². The first-order chi connectivity index (χ1) is 11.6. The molecule has 0 atom stereocenters. The van der Waals surface area contributed by atoms with E-state index in [1.807, 2.05) is 36.4 Å². The molecule has 0 fully saturated rings. The highest BCUT2D eigenvalue weighted by atomic mass is 14.2. The van der Waals surface area contributed by atoms with Gasteiger partial charge >= 0.3 is 0 Å². The van der Waals surface area contributed by atoms with Crippen LogP contribution in [0, 0.1) is 11.3 Å². The number of hydrogen-bond donors (Lipinski definition) is 0. The zero-order valence-corrected chi connectivity index (χ0v) is 13.3. The van der Waals surface area contributed by atoms with E-state index in [2.05, 4.69) is 13.0 Å². The molecule has 0 bridgehead atoms. The second-order valence-corrected chi connectivity index (χ2v) is 5.61. The Kier molecular flexibility index (Phi) is 5.59. The van der Waals surface area contributed by atoms with Gasteiger partial charge in [0, 0.05) is 2.74 Å². The molecule has 0 heterocycles. The molecule has 0 spiro atoms. The first-order valence-corrected chi connectivity index (χ1v) is 8.18. The number of rotatable bonds is 8. The van der Waals surface area contributed by atoms with Gasteiger partial charge in [0.2, 0.25) is 0 Å². The zero-order valence-electron chi connectivity index (χ0n) is 15.3. The molecule has 2 aromatic rings. The SMILES string of the molecule is [2H]C([2H])(CCCCCCC)c1ccc(-c2ccc(C#N)cc2)cc1. The fourth-order valence-electron chi connectivity index (χ4n) is 2.48. The normalized spacial score (nSPS) is 12.4. The first kappa shape index (κ1) is 13.6. The molecule has 0 saturated carbocycles. The van der Waals surface area contributed by atoms with Crippen molar-refractivity contribution in [3.63, 3.8) is 0 Å². The van der Waals surface area contributed by atoms with Crippen molar-refractivity contribution in [2.75, 3.05) is 0 Å². The molecular formula is C21H25N. The van der Waals surface area contributed by atoms with Crippen LogP contribution in [0.5, 0.6) is 0 Å². The van der Waals surface area contributed by atoms with Gasteiger partial charge in [0.1, 0.15) is 0 Å². The van der Waals surface area contributed by atoms with Crippen molar-refractivity contribution in [2.24, 2.45) is 0 Å². The van der Waals surface area contributed by atoms with Crippen LogP contribution < -0.4 is 0 Å². The van der Waals surface area contributed by atoms with Gasteiger partial charge in [-0.1, -0.05) is 75.4 Å². The lowest BCUT2D eigenvalue weighted by Crippen LogP contribution is -1.87. The monoisotopic (exact) mass is 293 g/mol. The topological polar surface area (TPSA) is 23.8 Å². The highest BCUT2D eigenvalue weighted by molar-refractivity contribution is 5.64. The van der Waals surface area contributed by atoms with Crippen LogP contribution in [0.4, 0.5) is 0 Å². The quantitative estimate of drug-likeness (QED) is 0.537. The fraction of sp³-hybridized carbons (Fsp3) is 0.381. The van der Waals surface area contributed by atoms with E-state index in [4.69, 9.17) is 8.00 Å². The second kappa shape index (κ2) is 9.05. The maximum absolute atomic E-state index is 8.85. The zero-order chi connectivity index (χ0) is 17.4. The molecule has 0 unspecified atom stereocenters. The molecule has 0 saturated heterocycles. The molecule has 2 rings (SSSR count). The van der Waals surface area contributed by atoms with Gasteiger partial charge in [-0.3, -0.25) is 0 Å². The molecule has 0 aliphatic rings. The third-order valence-electron chi connectivity index (χ3n) is 3.84. The molecule has 0 aliphatic carbocycles. The van der Waals surface area contributed by atoms with Gasteiger partial charge in [0.15, 0.2) is 0 Å². The van der Waals surface area contributed by atoms with E-state index in [1.54, 1.807) is 12.1 Å². The maximum Gasteiger partial charge on any atom is 0.0991 e. The largest absolute Gasteiger partial charge is 0.192 e. The molecule has 1 nitrogen and oxygen atoms in total. The van der Waals surface area contributed by atoms with Crippen molar-refractivity contribution in [1.82, 2.24) is 0 Å². The van der Waals surface area contributed by atoms with Gasteiger partial charge in [-0.05, 0) is 41.6 Å². The third-order valence-corrected chi connectivity index (χ3v) is 3.84. The van der Waals surface area contributed by atoms with Gasteiger partial charge in [0.25, 0.3) is 0 Å². The number of hydrogen-bond acceptors (Lipinski definition) is 1. The number of benzene rings is 2. The predicted molar refractivity (Wildman–Crippen MR) is 93.7 cm³/mol. The first-order valence-electron chi connectivity index (χ1n) is 9.18. The van der Waals surface area contributed by atoms with Gasteiger partial charge in [0.05, 0.1) is 11.6 Å². The van der Waals surface area contributed by atoms with Gasteiger partial charge in [-0.2, -0.15) is 5.26 Å². The minimum atomic E-state index is -1.27. The smallest absolute Gasteiger partial charge is 0.0991 e. The van der Waals surface area contributed by atoms with E-state index in [1.165, 1.54) is 19.3 Å². The summed E-state index contributed by atoms with van der Waals surface area (Å²) in [6.07, 6.45) is 5.00. The minimum absolute atomic E-state index is 0.576. The highest BCUT2D eigenvalue weighted by Crippen LogP contribution is 2.21. The molecular weight excluding hydrogens is 266 g/mol. The molecule has 0 aliphatic heterocycles. The number of nitrogens with zero attached hydrogens (tertiary/aromatic N) is 1. The Bertz CT molecular complexity index is 666. The molecule has 22 heavy (non-hydrogen) atoms. The number of aryl methyl sites for hydroxylation is 1. The average Bonchev–Trinajstić information content (AvgIpc) is 2.62. The van der Waals surface area contributed by atoms with E-state index in [0.29, 0.717) is 12.0 Å². The fourth-order valence-corrected chi connectivity index (χ4v) is 2.48. The van der Waals surface area contributed by atoms with E-state index in [-0.39, 0.29) is 0 Å². The Morgan fingerprint density at radius 2 is 1.36 bits per heavy atom. The summed E-state index contributed by atoms with van der Waals surface area (Å²) in [4.78, 5) is 0. The summed E-state index contributed by atoms with van der Waals surface area (Å²) < 4.78 is 16.6. The van der Waals surface area contributed by atoms with E-state index < -0.39 is 6.37 Å². The maximum atomic E-state index is 8.85. The summed E-state index contributed by atoms with van der Waals surface area (Å²) in [6, 6.07) is 17.3. The molecule has 1 heteroatoms. The Morgan fingerprint density at radius 1 is 0.818 bits per heavy atom. The van der Waals surface area contributed by atoms with Gasteiger partial charge < -0.3 is 0 Å². The molecule has 0 radical (unpaired) electrons. The summed E-state index contributed by atoms with van der Waals surface area (Å²) in [5, 5.41) is 8.85. The van der Waals surface area contributed by atoms with Crippen LogP contribution in [-0.2, 0) is 6.37 Å². The number of nitriles is 1. The van der Waals surface area contributed by atoms with Crippen molar-refractivity contribution in [3.8, 4) is 17.2 Å². The summed E-state index contributed by atoms with van der Waals surface area (Å²) >= 11 is 0. The number of unbranched alkanes of at least 4 members (excludes halogenated alkanes) is 4. The molecule has 0 aromatic heterocycles. The summed E-state index contributed by atoms with van der Waals surface area (Å²) in [7, 11) is 0.